The molecule has 0 radical (unpaired) electrons. The molecule has 0 spiro atoms. The van der Waals surface area contributed by atoms with E-state index in [2.05, 4.69) is 20.8 Å². The van der Waals surface area contributed by atoms with Gasteiger partial charge in [0.2, 0.25) is 0 Å². The van der Waals surface area contributed by atoms with Crippen LogP contribution in [0, 0.1) is 39.9 Å². The van der Waals surface area contributed by atoms with E-state index in [1.807, 2.05) is 6.92 Å². The molecule has 5 fully saturated rings. The maximum Gasteiger partial charge on any atom is 0.331 e. The summed E-state index contributed by atoms with van der Waals surface area (Å²) in [6.07, 6.45) is 12.3. The molecule has 12 atom stereocenters. The summed E-state index contributed by atoms with van der Waals surface area (Å²) in [4.78, 5) is 11.9. The number of ether oxygens (including phenoxy) is 4. The fourth-order valence-corrected chi connectivity index (χ4v) is 10.5. The number of aliphatic hydroxyl groups excluding tert-OH is 1. The highest BCUT2D eigenvalue weighted by molar-refractivity contribution is 5.85. The predicted molar refractivity (Wildman–Crippen MR) is 140 cm³/mol. The molecule has 1 saturated heterocycles. The summed E-state index contributed by atoms with van der Waals surface area (Å²) in [6.45, 7) is 10.2. The van der Waals surface area contributed by atoms with Gasteiger partial charge in [0.25, 0.3) is 0 Å². The first kappa shape index (κ1) is 26.3. The van der Waals surface area contributed by atoms with E-state index in [-0.39, 0.29) is 36.0 Å². The normalized spacial score (nSPS) is 53.6. The SMILES string of the molecule is COC1CC(OC2CCC3(C)C(CCC4C3CCC3(C)C(C5=CC(=O)OC5)CCC43C)C2)OC(C)C1O. The molecule has 0 aromatic rings. The van der Waals surface area contributed by atoms with Gasteiger partial charge in [-0.3, -0.25) is 0 Å². The highest BCUT2D eigenvalue weighted by atomic mass is 16.7. The molecule has 12 unspecified atom stereocenters. The van der Waals surface area contributed by atoms with Gasteiger partial charge in [-0.25, -0.2) is 4.79 Å². The Bertz CT molecular complexity index is 933. The zero-order valence-corrected chi connectivity index (χ0v) is 23.5. The Kier molecular flexibility index (Phi) is 6.62. The van der Waals surface area contributed by atoms with E-state index in [4.69, 9.17) is 18.9 Å². The maximum atomic E-state index is 11.9. The monoisotopic (exact) mass is 516 g/mol. The molecule has 6 nitrogen and oxygen atoms in total. The zero-order valence-electron chi connectivity index (χ0n) is 23.5. The number of cyclic esters (lactones) is 1. The number of carbonyl (C=O) groups excluding carboxylic acids is 1. The van der Waals surface area contributed by atoms with Gasteiger partial charge in [0.1, 0.15) is 12.7 Å². The van der Waals surface area contributed by atoms with E-state index < -0.39 is 6.10 Å². The quantitative estimate of drug-likeness (QED) is 0.398. The van der Waals surface area contributed by atoms with Crippen LogP contribution in [0.15, 0.2) is 11.6 Å². The van der Waals surface area contributed by atoms with Gasteiger partial charge in [-0.05, 0) is 110 Å². The van der Waals surface area contributed by atoms with E-state index in [1.54, 1.807) is 13.2 Å². The lowest BCUT2D eigenvalue weighted by atomic mass is 9.40. The van der Waals surface area contributed by atoms with Crippen molar-refractivity contribution in [3.05, 3.63) is 11.6 Å². The Morgan fingerprint density at radius 2 is 1.76 bits per heavy atom. The first-order valence-corrected chi connectivity index (χ1v) is 15.0. The first-order chi connectivity index (χ1) is 17.6. The van der Waals surface area contributed by atoms with Gasteiger partial charge >= 0.3 is 5.97 Å². The average molecular weight is 517 g/mol. The summed E-state index contributed by atoms with van der Waals surface area (Å²) in [5.41, 5.74) is 2.23. The van der Waals surface area contributed by atoms with Crippen LogP contribution in [0.1, 0.15) is 91.9 Å². The lowest BCUT2D eigenvalue weighted by Gasteiger charge is -2.65. The minimum Gasteiger partial charge on any atom is -0.458 e. The number of hydrogen-bond donors (Lipinski definition) is 1. The molecule has 1 N–H and O–H groups in total. The van der Waals surface area contributed by atoms with Gasteiger partial charge in [-0.1, -0.05) is 20.8 Å². The summed E-state index contributed by atoms with van der Waals surface area (Å²) < 4.78 is 23.4. The van der Waals surface area contributed by atoms with Gasteiger partial charge in [-0.15, -0.1) is 0 Å². The molecule has 0 amide bonds. The van der Waals surface area contributed by atoms with Crippen molar-refractivity contribution in [2.75, 3.05) is 13.7 Å². The summed E-state index contributed by atoms with van der Waals surface area (Å²) in [6, 6.07) is 0. The van der Waals surface area contributed by atoms with Crippen LogP contribution in [-0.4, -0.2) is 55.5 Å². The van der Waals surface area contributed by atoms with E-state index in [0.717, 1.165) is 24.7 Å². The minimum atomic E-state index is -0.596. The van der Waals surface area contributed by atoms with Crippen molar-refractivity contribution in [1.82, 2.24) is 0 Å². The second-order valence-electron chi connectivity index (χ2n) is 14.1. The van der Waals surface area contributed by atoms with Gasteiger partial charge in [-0.2, -0.15) is 0 Å². The molecule has 6 rings (SSSR count). The average Bonchev–Trinajstić information content (AvgIpc) is 3.41. The molecular formula is C31H48O6. The first-order valence-electron chi connectivity index (χ1n) is 15.0. The predicted octanol–water partition coefficient (Wildman–Crippen LogP) is 5.41. The van der Waals surface area contributed by atoms with E-state index >= 15 is 0 Å². The number of methoxy groups -OCH3 is 1. The number of aliphatic hydroxyl groups is 1. The van der Waals surface area contributed by atoms with Crippen LogP contribution in [0.3, 0.4) is 0 Å². The maximum absolute atomic E-state index is 11.9. The molecule has 4 saturated carbocycles. The molecule has 6 aliphatic rings. The number of rotatable bonds is 4. The van der Waals surface area contributed by atoms with Crippen LogP contribution >= 0.6 is 0 Å². The van der Waals surface area contributed by atoms with Crippen LogP contribution in [0.5, 0.6) is 0 Å². The Labute approximate surface area is 222 Å². The molecule has 4 aliphatic carbocycles. The molecule has 0 aromatic heterocycles. The highest BCUT2D eigenvalue weighted by Crippen LogP contribution is 2.73. The highest BCUT2D eigenvalue weighted by Gasteiger charge is 2.66. The van der Waals surface area contributed by atoms with Gasteiger partial charge in [0, 0.05) is 19.6 Å². The van der Waals surface area contributed by atoms with Crippen molar-refractivity contribution >= 4 is 5.97 Å². The third-order valence-electron chi connectivity index (χ3n) is 12.9. The van der Waals surface area contributed by atoms with Crippen molar-refractivity contribution in [2.24, 2.45) is 39.9 Å². The smallest absolute Gasteiger partial charge is 0.331 e. The fraction of sp³-hybridized carbons (Fsp3) is 0.903. The fourth-order valence-electron chi connectivity index (χ4n) is 10.5. The lowest BCUT2D eigenvalue weighted by Crippen LogP contribution is -2.58. The van der Waals surface area contributed by atoms with Crippen molar-refractivity contribution in [3.8, 4) is 0 Å². The Morgan fingerprint density at radius 3 is 2.49 bits per heavy atom. The second kappa shape index (κ2) is 9.31. The number of fused-ring (bicyclic) bond motifs is 5. The van der Waals surface area contributed by atoms with Crippen LogP contribution in [-0.2, 0) is 23.7 Å². The van der Waals surface area contributed by atoms with Crippen molar-refractivity contribution < 1.29 is 28.8 Å². The van der Waals surface area contributed by atoms with Crippen molar-refractivity contribution in [3.63, 3.8) is 0 Å². The van der Waals surface area contributed by atoms with Crippen molar-refractivity contribution in [1.29, 1.82) is 0 Å². The van der Waals surface area contributed by atoms with Crippen LogP contribution in [0.4, 0.5) is 0 Å². The molecule has 2 heterocycles. The molecular weight excluding hydrogens is 468 g/mol. The summed E-state index contributed by atoms with van der Waals surface area (Å²) >= 11 is 0. The Morgan fingerprint density at radius 1 is 0.973 bits per heavy atom. The molecule has 6 heteroatoms. The second-order valence-corrected chi connectivity index (χ2v) is 14.1. The van der Waals surface area contributed by atoms with Crippen molar-refractivity contribution in [2.45, 2.75) is 123 Å². The molecule has 2 aliphatic heterocycles. The molecule has 0 bridgehead atoms. The van der Waals surface area contributed by atoms with E-state index in [1.165, 1.54) is 50.5 Å². The number of carbonyl (C=O) groups is 1. The molecule has 208 valence electrons. The Balaban J connectivity index is 1.15. The minimum absolute atomic E-state index is 0.144. The number of esters is 1. The Hall–Kier alpha value is -0.950. The van der Waals surface area contributed by atoms with Crippen LogP contribution in [0.2, 0.25) is 0 Å². The van der Waals surface area contributed by atoms with Crippen LogP contribution < -0.4 is 0 Å². The van der Waals surface area contributed by atoms with E-state index in [0.29, 0.717) is 35.7 Å². The third-order valence-corrected chi connectivity index (χ3v) is 12.9. The van der Waals surface area contributed by atoms with Gasteiger partial charge in [0.15, 0.2) is 6.29 Å². The topological polar surface area (TPSA) is 74.2 Å². The lowest BCUT2D eigenvalue weighted by molar-refractivity contribution is -0.272. The summed E-state index contributed by atoms with van der Waals surface area (Å²) in [7, 11) is 1.66. The number of hydrogen-bond acceptors (Lipinski definition) is 6. The molecule has 0 aromatic carbocycles. The summed E-state index contributed by atoms with van der Waals surface area (Å²) in [5, 5.41) is 10.3. The largest absolute Gasteiger partial charge is 0.458 e. The van der Waals surface area contributed by atoms with Crippen LogP contribution in [0.25, 0.3) is 0 Å². The standard InChI is InChI=1S/C31H48O6/c1-18-28(33)25(34-5)16-27(36-18)37-21-8-11-29(2)20(15-21)6-7-24-23(29)10-13-30(3)22(9-12-31(24,30)4)19-14-26(32)35-17-19/h14,18,20-25,27-28,33H,6-13,15-17H2,1-5H3. The molecule has 37 heavy (non-hydrogen) atoms. The van der Waals surface area contributed by atoms with Gasteiger partial charge < -0.3 is 24.1 Å². The van der Waals surface area contributed by atoms with Gasteiger partial charge in [0.05, 0.1) is 18.3 Å². The zero-order chi connectivity index (χ0) is 26.2. The summed E-state index contributed by atoms with van der Waals surface area (Å²) in [5.74, 6) is 2.59. The third kappa shape index (κ3) is 3.98. The van der Waals surface area contributed by atoms with E-state index in [9.17, 15) is 9.90 Å².